The summed E-state index contributed by atoms with van der Waals surface area (Å²) < 4.78 is 11.0. The minimum absolute atomic E-state index is 0.0677. The topological polar surface area (TPSA) is 47.6 Å². The van der Waals surface area contributed by atoms with Gasteiger partial charge in [-0.05, 0) is 25.0 Å². The Balaban J connectivity index is 2.62. The second kappa shape index (κ2) is 8.40. The molecule has 0 bridgehead atoms. The van der Waals surface area contributed by atoms with Crippen molar-refractivity contribution < 1.29 is 14.3 Å². The quantitative estimate of drug-likeness (QED) is 0.735. The predicted molar refractivity (Wildman–Crippen MR) is 75.6 cm³/mol. The molecule has 19 heavy (non-hydrogen) atoms. The van der Waals surface area contributed by atoms with Crippen molar-refractivity contribution in [3.63, 3.8) is 0 Å². The summed E-state index contributed by atoms with van der Waals surface area (Å²) in [5, 5.41) is 2.89. The fraction of sp³-hybridized carbons (Fsp3) is 0.533. The first-order chi connectivity index (χ1) is 9.22. The summed E-state index contributed by atoms with van der Waals surface area (Å²) >= 11 is 0. The van der Waals surface area contributed by atoms with Crippen molar-refractivity contribution >= 4 is 5.91 Å². The van der Waals surface area contributed by atoms with Crippen molar-refractivity contribution in [3.05, 3.63) is 24.3 Å². The third-order valence-corrected chi connectivity index (χ3v) is 2.83. The zero-order valence-electron chi connectivity index (χ0n) is 11.9. The van der Waals surface area contributed by atoms with Crippen LogP contribution >= 0.6 is 0 Å². The van der Waals surface area contributed by atoms with E-state index >= 15 is 0 Å². The predicted octanol–water partition coefficient (Wildman–Crippen LogP) is 2.77. The molecule has 0 aliphatic heterocycles. The number of rotatable bonds is 8. The maximum atomic E-state index is 12.0. The summed E-state index contributed by atoms with van der Waals surface area (Å²) in [4.78, 5) is 12.0. The fourth-order valence-corrected chi connectivity index (χ4v) is 1.69. The van der Waals surface area contributed by atoms with Gasteiger partial charge in [0, 0.05) is 6.54 Å². The molecule has 0 aliphatic carbocycles. The summed E-state index contributed by atoms with van der Waals surface area (Å²) in [6.07, 6.45) is 2.19. The first kappa shape index (κ1) is 15.3. The van der Waals surface area contributed by atoms with Crippen molar-refractivity contribution in [3.8, 4) is 11.5 Å². The average molecular weight is 265 g/mol. The van der Waals surface area contributed by atoms with Gasteiger partial charge in [0.15, 0.2) is 17.6 Å². The van der Waals surface area contributed by atoms with Gasteiger partial charge in [0.05, 0.1) is 7.11 Å². The van der Waals surface area contributed by atoms with Crippen LogP contribution in [0.15, 0.2) is 24.3 Å². The van der Waals surface area contributed by atoms with Crippen LogP contribution in [0.5, 0.6) is 11.5 Å². The molecule has 106 valence electrons. The fourth-order valence-electron chi connectivity index (χ4n) is 1.69. The molecule has 0 spiro atoms. The third kappa shape index (κ3) is 4.81. The molecule has 1 N–H and O–H groups in total. The van der Waals surface area contributed by atoms with Gasteiger partial charge in [-0.15, -0.1) is 0 Å². The van der Waals surface area contributed by atoms with Gasteiger partial charge in [-0.1, -0.05) is 32.4 Å². The SMILES string of the molecule is CCCCNC(=O)[C@H](CC)Oc1ccccc1OC. The molecule has 0 heterocycles. The Morgan fingerprint density at radius 3 is 2.53 bits per heavy atom. The van der Waals surface area contributed by atoms with Crippen LogP contribution < -0.4 is 14.8 Å². The van der Waals surface area contributed by atoms with Crippen LogP contribution in [0.3, 0.4) is 0 Å². The second-order valence-electron chi connectivity index (χ2n) is 4.31. The Kier molecular flexibility index (Phi) is 6.79. The van der Waals surface area contributed by atoms with Crippen LogP contribution in [-0.2, 0) is 4.79 Å². The third-order valence-electron chi connectivity index (χ3n) is 2.83. The lowest BCUT2D eigenvalue weighted by molar-refractivity contribution is -0.128. The highest BCUT2D eigenvalue weighted by atomic mass is 16.5. The summed E-state index contributed by atoms with van der Waals surface area (Å²) in [5.74, 6) is 1.17. The van der Waals surface area contributed by atoms with Crippen molar-refractivity contribution in [2.75, 3.05) is 13.7 Å². The molecule has 1 aromatic rings. The molecule has 1 amide bonds. The number of benzene rings is 1. The average Bonchev–Trinajstić information content (AvgIpc) is 2.45. The summed E-state index contributed by atoms with van der Waals surface area (Å²) in [7, 11) is 1.59. The molecule has 0 radical (unpaired) electrons. The molecule has 1 atom stereocenters. The van der Waals surface area contributed by atoms with Crippen molar-refractivity contribution in [2.24, 2.45) is 0 Å². The minimum Gasteiger partial charge on any atom is -0.493 e. The van der Waals surface area contributed by atoms with Crippen LogP contribution in [0.25, 0.3) is 0 Å². The lowest BCUT2D eigenvalue weighted by Gasteiger charge is -2.18. The molecule has 4 nitrogen and oxygen atoms in total. The van der Waals surface area contributed by atoms with Crippen LogP contribution in [0.4, 0.5) is 0 Å². The number of amides is 1. The Morgan fingerprint density at radius 2 is 1.95 bits per heavy atom. The Morgan fingerprint density at radius 1 is 1.26 bits per heavy atom. The van der Waals surface area contributed by atoms with Crippen LogP contribution in [0.1, 0.15) is 33.1 Å². The van der Waals surface area contributed by atoms with Crippen LogP contribution in [0.2, 0.25) is 0 Å². The van der Waals surface area contributed by atoms with Gasteiger partial charge in [0.1, 0.15) is 0 Å². The van der Waals surface area contributed by atoms with Crippen molar-refractivity contribution in [1.82, 2.24) is 5.32 Å². The Hall–Kier alpha value is -1.71. The molecule has 0 unspecified atom stereocenters. The Labute approximate surface area is 115 Å². The maximum Gasteiger partial charge on any atom is 0.261 e. The van der Waals surface area contributed by atoms with Crippen molar-refractivity contribution in [1.29, 1.82) is 0 Å². The normalized spacial score (nSPS) is 11.7. The lowest BCUT2D eigenvalue weighted by atomic mass is 10.2. The second-order valence-corrected chi connectivity index (χ2v) is 4.31. The number of ether oxygens (including phenoxy) is 2. The van der Waals surface area contributed by atoms with E-state index in [1.165, 1.54) is 0 Å². The van der Waals surface area contributed by atoms with E-state index in [-0.39, 0.29) is 5.91 Å². The van der Waals surface area contributed by atoms with E-state index in [1.54, 1.807) is 13.2 Å². The molecule has 0 fully saturated rings. The van der Waals surface area contributed by atoms with E-state index in [2.05, 4.69) is 12.2 Å². The summed E-state index contributed by atoms with van der Waals surface area (Å²) in [6.45, 7) is 4.72. The van der Waals surface area contributed by atoms with Gasteiger partial charge in [0.2, 0.25) is 0 Å². The largest absolute Gasteiger partial charge is 0.493 e. The van der Waals surface area contributed by atoms with Crippen LogP contribution in [0, 0.1) is 0 Å². The monoisotopic (exact) mass is 265 g/mol. The molecule has 0 aromatic heterocycles. The highest BCUT2D eigenvalue weighted by Crippen LogP contribution is 2.27. The minimum atomic E-state index is -0.479. The van der Waals surface area contributed by atoms with Gasteiger partial charge in [-0.3, -0.25) is 4.79 Å². The van der Waals surface area contributed by atoms with E-state index in [0.717, 1.165) is 12.8 Å². The molecule has 0 saturated heterocycles. The van der Waals surface area contributed by atoms with E-state index in [9.17, 15) is 4.79 Å². The number of methoxy groups -OCH3 is 1. The Bertz CT molecular complexity index is 393. The molecule has 0 aliphatic rings. The highest BCUT2D eigenvalue weighted by Gasteiger charge is 2.19. The van der Waals surface area contributed by atoms with Gasteiger partial charge >= 0.3 is 0 Å². The smallest absolute Gasteiger partial charge is 0.261 e. The van der Waals surface area contributed by atoms with Gasteiger partial charge in [0.25, 0.3) is 5.91 Å². The number of para-hydroxylation sites is 2. The highest BCUT2D eigenvalue weighted by molar-refractivity contribution is 5.81. The summed E-state index contributed by atoms with van der Waals surface area (Å²) in [6, 6.07) is 7.35. The molecule has 4 heteroatoms. The molecule has 1 aromatic carbocycles. The van der Waals surface area contributed by atoms with Crippen LogP contribution in [-0.4, -0.2) is 25.7 Å². The van der Waals surface area contributed by atoms with Gasteiger partial charge in [-0.25, -0.2) is 0 Å². The summed E-state index contributed by atoms with van der Waals surface area (Å²) in [5.41, 5.74) is 0. The zero-order chi connectivity index (χ0) is 14.1. The number of hydrogen-bond donors (Lipinski definition) is 1. The number of unbranched alkanes of at least 4 members (excludes halogenated alkanes) is 1. The number of hydrogen-bond acceptors (Lipinski definition) is 3. The molecular formula is C15H23NO3. The van der Waals surface area contributed by atoms with E-state index in [0.29, 0.717) is 24.5 Å². The number of carbonyl (C=O) groups excluding carboxylic acids is 1. The van der Waals surface area contributed by atoms with E-state index in [4.69, 9.17) is 9.47 Å². The van der Waals surface area contributed by atoms with E-state index in [1.807, 2.05) is 25.1 Å². The zero-order valence-corrected chi connectivity index (χ0v) is 11.9. The molecule has 1 rings (SSSR count). The van der Waals surface area contributed by atoms with E-state index < -0.39 is 6.10 Å². The molecule has 0 saturated carbocycles. The van der Waals surface area contributed by atoms with Gasteiger partial charge < -0.3 is 14.8 Å². The number of carbonyl (C=O) groups is 1. The molecular weight excluding hydrogens is 242 g/mol. The number of nitrogens with one attached hydrogen (secondary N) is 1. The van der Waals surface area contributed by atoms with Crippen molar-refractivity contribution in [2.45, 2.75) is 39.2 Å². The lowest BCUT2D eigenvalue weighted by Crippen LogP contribution is -2.38. The first-order valence-corrected chi connectivity index (χ1v) is 6.80. The maximum absolute atomic E-state index is 12.0. The standard InChI is InChI=1S/C15H23NO3/c1-4-6-11-16-15(17)12(5-2)19-14-10-8-7-9-13(14)18-3/h7-10,12H,4-6,11H2,1-3H3,(H,16,17)/t12-/m0/s1. The van der Waals surface area contributed by atoms with Gasteiger partial charge in [-0.2, -0.15) is 0 Å². The first-order valence-electron chi connectivity index (χ1n) is 6.80.